The zero-order chi connectivity index (χ0) is 14.1. The fraction of sp³-hybridized carbons (Fsp3) is 0.929. The molecule has 0 amide bonds. The van der Waals surface area contributed by atoms with E-state index < -0.39 is 0 Å². The standard InChI is InChI=1S/C14H31N5.HI/c1-13(2)17-14(15-3)16-7-5-6-8-19-11-9-18(4)10-12-19;/h13H,5-12H2,1-4H3,(H2,15,16,17);1H. The first kappa shape index (κ1) is 19.9. The minimum Gasteiger partial charge on any atom is -0.356 e. The van der Waals surface area contributed by atoms with Crippen LogP contribution in [-0.4, -0.2) is 75.2 Å². The summed E-state index contributed by atoms with van der Waals surface area (Å²) in [5.41, 5.74) is 0. The Balaban J connectivity index is 0.00000361. The first-order chi connectivity index (χ1) is 9.11. The molecule has 0 spiro atoms. The smallest absolute Gasteiger partial charge is 0.191 e. The number of unbranched alkanes of at least 4 members (excludes halogenated alkanes) is 1. The highest BCUT2D eigenvalue weighted by molar-refractivity contribution is 14.0. The van der Waals surface area contributed by atoms with Gasteiger partial charge < -0.3 is 20.4 Å². The van der Waals surface area contributed by atoms with Crippen molar-refractivity contribution in [2.75, 3.05) is 53.4 Å². The van der Waals surface area contributed by atoms with Gasteiger partial charge in [-0.05, 0) is 40.3 Å². The molecular weight excluding hydrogens is 365 g/mol. The Bertz CT molecular complexity index is 262. The van der Waals surface area contributed by atoms with Crippen LogP contribution in [0.25, 0.3) is 0 Å². The summed E-state index contributed by atoms with van der Waals surface area (Å²) < 4.78 is 0. The normalized spacial score (nSPS) is 17.9. The van der Waals surface area contributed by atoms with Crippen molar-refractivity contribution in [3.63, 3.8) is 0 Å². The number of halogens is 1. The second-order valence-corrected chi connectivity index (χ2v) is 5.65. The third kappa shape index (κ3) is 8.97. The number of nitrogens with one attached hydrogen (secondary N) is 2. The van der Waals surface area contributed by atoms with Gasteiger partial charge in [-0.15, -0.1) is 24.0 Å². The Morgan fingerprint density at radius 2 is 1.80 bits per heavy atom. The van der Waals surface area contributed by atoms with Crippen LogP contribution in [0, 0.1) is 0 Å². The second-order valence-electron chi connectivity index (χ2n) is 5.65. The van der Waals surface area contributed by atoms with Crippen LogP contribution in [0.2, 0.25) is 0 Å². The van der Waals surface area contributed by atoms with Crippen LogP contribution in [-0.2, 0) is 0 Å². The Morgan fingerprint density at radius 1 is 1.15 bits per heavy atom. The maximum Gasteiger partial charge on any atom is 0.191 e. The van der Waals surface area contributed by atoms with Gasteiger partial charge in [-0.3, -0.25) is 4.99 Å². The first-order valence-corrected chi connectivity index (χ1v) is 7.50. The molecule has 0 aromatic heterocycles. The maximum absolute atomic E-state index is 4.20. The van der Waals surface area contributed by atoms with Crippen LogP contribution in [0.5, 0.6) is 0 Å². The van der Waals surface area contributed by atoms with Gasteiger partial charge in [-0.25, -0.2) is 0 Å². The van der Waals surface area contributed by atoms with E-state index in [0.717, 1.165) is 12.5 Å². The summed E-state index contributed by atoms with van der Waals surface area (Å²) in [6.45, 7) is 11.3. The molecule has 0 atom stereocenters. The lowest BCUT2D eigenvalue weighted by molar-refractivity contribution is 0.152. The molecule has 2 N–H and O–H groups in total. The summed E-state index contributed by atoms with van der Waals surface area (Å²) in [5.74, 6) is 0.912. The lowest BCUT2D eigenvalue weighted by Gasteiger charge is -2.32. The molecule has 5 nitrogen and oxygen atoms in total. The van der Waals surface area contributed by atoms with Crippen molar-refractivity contribution < 1.29 is 0 Å². The number of aliphatic imine (C=N–C) groups is 1. The van der Waals surface area contributed by atoms with E-state index in [-0.39, 0.29) is 24.0 Å². The molecular formula is C14H32IN5. The van der Waals surface area contributed by atoms with Crippen molar-refractivity contribution in [1.82, 2.24) is 20.4 Å². The zero-order valence-electron chi connectivity index (χ0n) is 13.5. The lowest BCUT2D eigenvalue weighted by atomic mass is 10.2. The summed E-state index contributed by atoms with van der Waals surface area (Å²) in [7, 11) is 4.02. The van der Waals surface area contributed by atoms with Gasteiger partial charge in [0.05, 0.1) is 0 Å². The van der Waals surface area contributed by atoms with Gasteiger partial charge in [0, 0.05) is 45.8 Å². The predicted octanol–water partition coefficient (Wildman–Crippen LogP) is 1.21. The molecule has 1 heterocycles. The van der Waals surface area contributed by atoms with Gasteiger partial charge in [0.15, 0.2) is 5.96 Å². The number of guanidine groups is 1. The van der Waals surface area contributed by atoms with E-state index in [0.29, 0.717) is 6.04 Å². The second kappa shape index (κ2) is 11.6. The Hall–Kier alpha value is -0.0800. The Labute approximate surface area is 141 Å². The molecule has 0 aromatic rings. The molecule has 1 aliphatic heterocycles. The van der Waals surface area contributed by atoms with E-state index in [4.69, 9.17) is 0 Å². The minimum atomic E-state index is 0. The van der Waals surface area contributed by atoms with Crippen molar-refractivity contribution in [2.45, 2.75) is 32.7 Å². The number of rotatable bonds is 6. The van der Waals surface area contributed by atoms with E-state index in [1.165, 1.54) is 45.6 Å². The fourth-order valence-corrected chi connectivity index (χ4v) is 2.21. The summed E-state index contributed by atoms with van der Waals surface area (Å²) in [6.07, 6.45) is 2.46. The van der Waals surface area contributed by atoms with Gasteiger partial charge in [-0.2, -0.15) is 0 Å². The first-order valence-electron chi connectivity index (χ1n) is 7.50. The van der Waals surface area contributed by atoms with Crippen LogP contribution in [0.4, 0.5) is 0 Å². The van der Waals surface area contributed by atoms with Gasteiger partial charge >= 0.3 is 0 Å². The van der Waals surface area contributed by atoms with E-state index in [9.17, 15) is 0 Å². The largest absolute Gasteiger partial charge is 0.356 e. The quantitative estimate of drug-likeness (QED) is 0.306. The van der Waals surface area contributed by atoms with Crippen molar-refractivity contribution in [3.05, 3.63) is 0 Å². The van der Waals surface area contributed by atoms with Crippen molar-refractivity contribution in [1.29, 1.82) is 0 Å². The van der Waals surface area contributed by atoms with Crippen LogP contribution >= 0.6 is 24.0 Å². The van der Waals surface area contributed by atoms with Crippen LogP contribution in [0.3, 0.4) is 0 Å². The van der Waals surface area contributed by atoms with E-state index >= 15 is 0 Å². The monoisotopic (exact) mass is 397 g/mol. The zero-order valence-corrected chi connectivity index (χ0v) is 15.8. The molecule has 0 aromatic carbocycles. The third-order valence-corrected chi connectivity index (χ3v) is 3.44. The van der Waals surface area contributed by atoms with Crippen molar-refractivity contribution >= 4 is 29.9 Å². The van der Waals surface area contributed by atoms with E-state index in [2.05, 4.69) is 46.3 Å². The summed E-state index contributed by atoms with van der Waals surface area (Å²) in [6, 6.07) is 0.427. The maximum atomic E-state index is 4.20. The number of piperazine rings is 1. The molecule has 0 bridgehead atoms. The van der Waals surface area contributed by atoms with Crippen LogP contribution in [0.15, 0.2) is 4.99 Å². The molecule has 6 heteroatoms. The molecule has 1 saturated heterocycles. The van der Waals surface area contributed by atoms with E-state index in [1.807, 2.05) is 7.05 Å². The number of hydrogen-bond acceptors (Lipinski definition) is 3. The minimum absolute atomic E-state index is 0. The summed E-state index contributed by atoms with van der Waals surface area (Å²) in [5, 5.41) is 6.66. The number of likely N-dealkylation sites (N-methyl/N-ethyl adjacent to an activating group) is 1. The average molecular weight is 397 g/mol. The van der Waals surface area contributed by atoms with Crippen molar-refractivity contribution in [2.24, 2.45) is 4.99 Å². The molecule has 1 fully saturated rings. The Kier molecular flexibility index (Phi) is 11.5. The molecule has 120 valence electrons. The predicted molar refractivity (Wildman–Crippen MR) is 98.2 cm³/mol. The Morgan fingerprint density at radius 3 is 2.35 bits per heavy atom. The molecule has 20 heavy (non-hydrogen) atoms. The molecule has 0 saturated carbocycles. The lowest BCUT2D eigenvalue weighted by Crippen LogP contribution is -2.45. The van der Waals surface area contributed by atoms with Gasteiger partial charge in [-0.1, -0.05) is 0 Å². The average Bonchev–Trinajstić information content (AvgIpc) is 2.38. The highest BCUT2D eigenvalue weighted by atomic mass is 127. The molecule has 0 aliphatic carbocycles. The summed E-state index contributed by atoms with van der Waals surface area (Å²) in [4.78, 5) is 9.18. The highest BCUT2D eigenvalue weighted by Gasteiger charge is 2.12. The molecule has 1 aliphatic rings. The SMILES string of the molecule is CN=C(NCCCCN1CCN(C)CC1)NC(C)C.I. The van der Waals surface area contributed by atoms with Crippen LogP contribution < -0.4 is 10.6 Å². The number of hydrogen-bond donors (Lipinski definition) is 2. The van der Waals surface area contributed by atoms with Crippen LogP contribution in [0.1, 0.15) is 26.7 Å². The molecule has 0 unspecified atom stereocenters. The fourth-order valence-electron chi connectivity index (χ4n) is 2.21. The van der Waals surface area contributed by atoms with E-state index in [1.54, 1.807) is 0 Å². The highest BCUT2D eigenvalue weighted by Crippen LogP contribution is 2.01. The summed E-state index contributed by atoms with van der Waals surface area (Å²) >= 11 is 0. The molecule has 0 radical (unpaired) electrons. The third-order valence-electron chi connectivity index (χ3n) is 3.44. The molecule has 1 rings (SSSR count). The van der Waals surface area contributed by atoms with Gasteiger partial charge in [0.25, 0.3) is 0 Å². The number of nitrogens with zero attached hydrogens (tertiary/aromatic N) is 3. The topological polar surface area (TPSA) is 42.9 Å². The van der Waals surface area contributed by atoms with Gasteiger partial charge in [0.1, 0.15) is 0 Å². The van der Waals surface area contributed by atoms with Gasteiger partial charge in [0.2, 0.25) is 0 Å². The van der Waals surface area contributed by atoms with Crippen molar-refractivity contribution in [3.8, 4) is 0 Å².